The lowest BCUT2D eigenvalue weighted by molar-refractivity contribution is -0.0194. The van der Waals surface area contributed by atoms with Gasteiger partial charge in [-0.15, -0.1) is 0 Å². The maximum absolute atomic E-state index is 2.82. The maximum Gasteiger partial charge on any atom is 0.0129 e. The van der Waals surface area contributed by atoms with Crippen molar-refractivity contribution in [2.45, 2.75) is 96.6 Å². The molecule has 4 atom stereocenters. The molecule has 0 aromatic carbocycles. The van der Waals surface area contributed by atoms with Gasteiger partial charge in [-0.1, -0.05) is 39.5 Å². The monoisotopic (exact) mass is 317 g/mol. The predicted molar refractivity (Wildman–Crippen MR) is 98.4 cm³/mol. The van der Waals surface area contributed by atoms with Crippen molar-refractivity contribution in [3.05, 3.63) is 0 Å². The Morgan fingerprint density at radius 2 is 1.22 bits per heavy atom. The third-order valence-electron chi connectivity index (χ3n) is 8.65. The Morgan fingerprint density at radius 3 is 1.83 bits per heavy atom. The summed E-state index contributed by atoms with van der Waals surface area (Å²) in [4.78, 5) is 2.82. The minimum Gasteiger partial charge on any atom is -0.300 e. The Bertz CT molecular complexity index is 389. The van der Waals surface area contributed by atoms with Crippen molar-refractivity contribution >= 4 is 0 Å². The molecule has 1 heteroatoms. The van der Waals surface area contributed by atoms with Crippen LogP contribution in [0.4, 0.5) is 0 Å². The first kappa shape index (κ1) is 16.4. The predicted octanol–water partition coefficient (Wildman–Crippen LogP) is 5.74. The normalized spacial score (nSPS) is 51.8. The van der Waals surface area contributed by atoms with E-state index in [9.17, 15) is 0 Å². The van der Waals surface area contributed by atoms with Gasteiger partial charge in [0.2, 0.25) is 0 Å². The average Bonchev–Trinajstić information content (AvgIpc) is 2.80. The fourth-order valence-electron chi connectivity index (χ4n) is 7.10. The summed E-state index contributed by atoms with van der Waals surface area (Å²) >= 11 is 0. The second-order valence-electron chi connectivity index (χ2n) is 9.98. The topological polar surface area (TPSA) is 3.24 Å². The van der Waals surface area contributed by atoms with Gasteiger partial charge < -0.3 is 4.90 Å². The molecule has 2 bridgehead atoms. The fourth-order valence-corrected chi connectivity index (χ4v) is 7.10. The number of fused-ring (bicyclic) bond motifs is 2. The summed E-state index contributed by atoms with van der Waals surface area (Å²) < 4.78 is 0. The maximum atomic E-state index is 2.82. The van der Waals surface area contributed by atoms with Crippen LogP contribution in [0.25, 0.3) is 0 Å². The first-order valence-corrected chi connectivity index (χ1v) is 10.9. The molecular formula is C22H39N. The van der Waals surface area contributed by atoms with E-state index in [2.05, 4.69) is 25.8 Å². The molecule has 0 N–H and O–H groups in total. The molecule has 0 amide bonds. The van der Waals surface area contributed by atoms with Crippen LogP contribution < -0.4 is 0 Å². The Kier molecular flexibility index (Phi) is 4.78. The molecule has 4 aliphatic rings. The van der Waals surface area contributed by atoms with Gasteiger partial charge in [-0.25, -0.2) is 0 Å². The highest BCUT2D eigenvalue weighted by Gasteiger charge is 2.50. The van der Waals surface area contributed by atoms with Crippen LogP contribution in [0.2, 0.25) is 0 Å². The molecule has 2 saturated heterocycles. The van der Waals surface area contributed by atoms with Crippen molar-refractivity contribution < 1.29 is 0 Å². The SMILES string of the molecule is CC1CCC(C2C3CC[C@H](C[C@@H]2C2CCC(C)CC2)N3C)CC1. The molecule has 0 aromatic rings. The molecule has 0 radical (unpaired) electrons. The first-order valence-electron chi connectivity index (χ1n) is 10.9. The minimum atomic E-state index is 0.933. The van der Waals surface area contributed by atoms with Crippen LogP contribution in [0.15, 0.2) is 0 Å². The summed E-state index contributed by atoms with van der Waals surface area (Å²) in [6.07, 6.45) is 16.8. The molecular weight excluding hydrogens is 278 g/mol. The zero-order valence-electron chi connectivity index (χ0n) is 15.8. The lowest BCUT2D eigenvalue weighted by Crippen LogP contribution is -2.51. The molecule has 0 aromatic heterocycles. The highest BCUT2D eigenvalue weighted by Crippen LogP contribution is 2.53. The van der Waals surface area contributed by atoms with Crippen LogP contribution in [0.3, 0.4) is 0 Å². The van der Waals surface area contributed by atoms with E-state index in [0.717, 1.165) is 47.6 Å². The summed E-state index contributed by atoms with van der Waals surface area (Å²) in [5, 5.41) is 0. The van der Waals surface area contributed by atoms with Gasteiger partial charge in [0, 0.05) is 12.1 Å². The van der Waals surface area contributed by atoms with Crippen molar-refractivity contribution in [1.29, 1.82) is 0 Å². The molecule has 2 aliphatic heterocycles. The third-order valence-corrected chi connectivity index (χ3v) is 8.65. The van der Waals surface area contributed by atoms with Crippen LogP contribution in [0.1, 0.15) is 84.5 Å². The van der Waals surface area contributed by atoms with Crippen molar-refractivity contribution in [3.63, 3.8) is 0 Å². The van der Waals surface area contributed by atoms with E-state index < -0.39 is 0 Å². The molecule has 1 nitrogen and oxygen atoms in total. The lowest BCUT2D eigenvalue weighted by Gasteiger charge is -2.51. The van der Waals surface area contributed by atoms with Crippen molar-refractivity contribution in [2.75, 3.05) is 7.05 Å². The van der Waals surface area contributed by atoms with E-state index in [-0.39, 0.29) is 0 Å². The average molecular weight is 318 g/mol. The molecule has 4 fully saturated rings. The molecule has 23 heavy (non-hydrogen) atoms. The van der Waals surface area contributed by atoms with Gasteiger partial charge in [0.25, 0.3) is 0 Å². The van der Waals surface area contributed by atoms with Crippen LogP contribution >= 0.6 is 0 Å². The van der Waals surface area contributed by atoms with Gasteiger partial charge in [-0.2, -0.15) is 0 Å². The molecule has 4 rings (SSSR count). The van der Waals surface area contributed by atoms with E-state index in [4.69, 9.17) is 0 Å². The van der Waals surface area contributed by atoms with Crippen LogP contribution in [0, 0.1) is 35.5 Å². The highest BCUT2D eigenvalue weighted by atomic mass is 15.2. The second kappa shape index (κ2) is 6.70. The van der Waals surface area contributed by atoms with E-state index in [1.165, 1.54) is 38.5 Å². The highest BCUT2D eigenvalue weighted by molar-refractivity contribution is 5.03. The number of hydrogen-bond donors (Lipinski definition) is 0. The van der Waals surface area contributed by atoms with Gasteiger partial charge in [0.05, 0.1) is 0 Å². The number of rotatable bonds is 2. The molecule has 2 unspecified atom stereocenters. The van der Waals surface area contributed by atoms with E-state index >= 15 is 0 Å². The summed E-state index contributed by atoms with van der Waals surface area (Å²) in [6.45, 7) is 4.96. The summed E-state index contributed by atoms with van der Waals surface area (Å²) in [7, 11) is 2.46. The van der Waals surface area contributed by atoms with E-state index in [1.807, 2.05) is 0 Å². The first-order chi connectivity index (χ1) is 11.1. The van der Waals surface area contributed by atoms with E-state index in [0.29, 0.717) is 0 Å². The van der Waals surface area contributed by atoms with Crippen molar-refractivity contribution in [1.82, 2.24) is 4.90 Å². The van der Waals surface area contributed by atoms with Crippen LogP contribution in [0.5, 0.6) is 0 Å². The largest absolute Gasteiger partial charge is 0.300 e. The minimum absolute atomic E-state index is 0.933. The Hall–Kier alpha value is -0.0400. The number of piperidine rings is 1. The zero-order chi connectivity index (χ0) is 16.0. The van der Waals surface area contributed by atoms with Crippen molar-refractivity contribution in [2.24, 2.45) is 35.5 Å². The Balaban J connectivity index is 1.53. The lowest BCUT2D eigenvalue weighted by atomic mass is 9.61. The Labute approximate surface area is 144 Å². The summed E-state index contributed by atoms with van der Waals surface area (Å²) in [5.74, 6) is 6.26. The number of nitrogens with zero attached hydrogens (tertiary/aromatic N) is 1. The Morgan fingerprint density at radius 1 is 0.652 bits per heavy atom. The summed E-state index contributed by atoms with van der Waals surface area (Å²) in [6, 6.07) is 1.87. The fraction of sp³-hybridized carbons (Fsp3) is 1.00. The molecule has 0 spiro atoms. The second-order valence-corrected chi connectivity index (χ2v) is 9.98. The van der Waals surface area contributed by atoms with Gasteiger partial charge in [-0.05, 0) is 87.5 Å². The van der Waals surface area contributed by atoms with Gasteiger partial charge in [0.15, 0.2) is 0 Å². The van der Waals surface area contributed by atoms with E-state index in [1.54, 1.807) is 32.1 Å². The quantitative estimate of drug-likeness (QED) is 0.628. The standard InChI is InChI=1S/C22H39N/c1-15-4-8-17(9-5-15)20-14-19-12-13-21(23(19)3)22(20)18-10-6-16(2)7-11-18/h15-22H,4-14H2,1-3H3/t15?,16?,17?,18?,19-,20-,21?,22?/m1/s1. The van der Waals surface area contributed by atoms with Crippen molar-refractivity contribution in [3.8, 4) is 0 Å². The third kappa shape index (κ3) is 3.12. The smallest absolute Gasteiger partial charge is 0.0129 e. The molecule has 132 valence electrons. The van der Waals surface area contributed by atoms with Crippen LogP contribution in [-0.2, 0) is 0 Å². The number of hydrogen-bond acceptors (Lipinski definition) is 1. The van der Waals surface area contributed by atoms with Gasteiger partial charge in [0.1, 0.15) is 0 Å². The van der Waals surface area contributed by atoms with Gasteiger partial charge >= 0.3 is 0 Å². The summed E-state index contributed by atoms with van der Waals surface area (Å²) in [5.41, 5.74) is 0. The van der Waals surface area contributed by atoms with Gasteiger partial charge in [-0.3, -0.25) is 0 Å². The zero-order valence-corrected chi connectivity index (χ0v) is 15.8. The van der Waals surface area contributed by atoms with Crippen LogP contribution in [-0.4, -0.2) is 24.0 Å². The molecule has 2 saturated carbocycles. The molecule has 2 aliphatic carbocycles. The molecule has 2 heterocycles.